The summed E-state index contributed by atoms with van der Waals surface area (Å²) in [6.45, 7) is 3.48. The standard InChI is InChI=1S/C33H43N3O7/c1-2-3-19-35-30(38)28(29(37)24-7-5-4-6-8-24)34-32(41)33(35)17-20-36(42,21-18-33)22-23-9-13-26(14-10-23)43-27-15-11-25(12-16-27)31(39)40/h9-16,24,28-29,37,42H,2-8,17-22H2,1H3,(H-,34,39,40,41)/p+1/t28-,29-,33?,36?/m1/s1. The number of nitrogens with one attached hydrogen (secondary N) is 1. The maximum atomic E-state index is 13.8. The number of quaternary nitrogens is 1. The van der Waals surface area contributed by atoms with Gasteiger partial charge in [0.05, 0.1) is 11.7 Å². The topological polar surface area (TPSA) is 136 Å². The number of amides is 2. The van der Waals surface area contributed by atoms with Crippen LogP contribution in [0.3, 0.4) is 0 Å². The number of rotatable bonds is 10. The summed E-state index contributed by atoms with van der Waals surface area (Å²) in [5.41, 5.74) is 0.0611. The molecule has 10 nitrogen and oxygen atoms in total. The van der Waals surface area contributed by atoms with Crippen molar-refractivity contribution in [1.82, 2.24) is 10.2 Å². The molecule has 2 heterocycles. The highest BCUT2D eigenvalue weighted by atomic mass is 16.5. The lowest BCUT2D eigenvalue weighted by Crippen LogP contribution is -2.76. The van der Waals surface area contributed by atoms with Crippen molar-refractivity contribution in [2.75, 3.05) is 19.6 Å². The number of ether oxygens (including phenoxy) is 1. The molecule has 2 saturated heterocycles. The maximum Gasteiger partial charge on any atom is 0.335 e. The van der Waals surface area contributed by atoms with E-state index in [4.69, 9.17) is 9.84 Å². The number of carbonyl (C=O) groups excluding carboxylic acids is 2. The third kappa shape index (κ3) is 6.71. The molecule has 0 radical (unpaired) electrons. The molecule has 2 aromatic carbocycles. The van der Waals surface area contributed by atoms with Gasteiger partial charge in [-0.15, -0.1) is 0 Å². The van der Waals surface area contributed by atoms with E-state index in [1.54, 1.807) is 29.2 Å². The summed E-state index contributed by atoms with van der Waals surface area (Å²) < 4.78 is 5.59. The average Bonchev–Trinajstić information content (AvgIpc) is 3.01. The fourth-order valence-corrected chi connectivity index (χ4v) is 6.94. The minimum absolute atomic E-state index is 0.0208. The van der Waals surface area contributed by atoms with Gasteiger partial charge in [-0.25, -0.2) is 10.0 Å². The second kappa shape index (κ2) is 13.0. The lowest BCUT2D eigenvalue weighted by Gasteiger charge is -2.53. The lowest BCUT2D eigenvalue weighted by molar-refractivity contribution is -1.12. The van der Waals surface area contributed by atoms with Gasteiger partial charge < -0.3 is 25.2 Å². The molecule has 5 rings (SSSR count). The highest BCUT2D eigenvalue weighted by Crippen LogP contribution is 2.38. The monoisotopic (exact) mass is 594 g/mol. The van der Waals surface area contributed by atoms with Crippen LogP contribution in [0.1, 0.15) is 80.6 Å². The van der Waals surface area contributed by atoms with Crippen LogP contribution in [0.15, 0.2) is 48.5 Å². The Morgan fingerprint density at radius 2 is 1.63 bits per heavy atom. The van der Waals surface area contributed by atoms with Gasteiger partial charge in [0.25, 0.3) is 0 Å². The molecule has 0 bridgehead atoms. The highest BCUT2D eigenvalue weighted by molar-refractivity contribution is 6.00. The highest BCUT2D eigenvalue weighted by Gasteiger charge is 2.58. The number of hydrogen-bond donors (Lipinski definition) is 4. The van der Waals surface area contributed by atoms with Crippen LogP contribution in [-0.2, 0) is 16.1 Å². The fourth-order valence-electron chi connectivity index (χ4n) is 6.94. The number of carbonyl (C=O) groups is 3. The molecule has 1 saturated carbocycles. The van der Waals surface area contributed by atoms with Gasteiger partial charge in [0.2, 0.25) is 11.8 Å². The van der Waals surface area contributed by atoms with Crippen molar-refractivity contribution in [3.05, 3.63) is 59.7 Å². The number of hydrogen-bond acceptors (Lipinski definition) is 6. The van der Waals surface area contributed by atoms with E-state index in [1.807, 2.05) is 12.1 Å². The van der Waals surface area contributed by atoms with E-state index in [9.17, 15) is 24.7 Å². The van der Waals surface area contributed by atoms with E-state index in [0.29, 0.717) is 50.5 Å². The largest absolute Gasteiger partial charge is 0.478 e. The molecule has 10 heteroatoms. The number of unbranched alkanes of at least 4 members (excludes halogenated alkanes) is 1. The van der Waals surface area contributed by atoms with Gasteiger partial charge in [0.15, 0.2) is 0 Å². The normalized spacial score (nSPS) is 27.1. The average molecular weight is 595 g/mol. The van der Waals surface area contributed by atoms with Crippen LogP contribution in [0.25, 0.3) is 0 Å². The zero-order valence-corrected chi connectivity index (χ0v) is 24.9. The van der Waals surface area contributed by atoms with Gasteiger partial charge >= 0.3 is 5.97 Å². The zero-order chi connectivity index (χ0) is 30.6. The van der Waals surface area contributed by atoms with Gasteiger partial charge in [-0.05, 0) is 73.7 Å². The van der Waals surface area contributed by atoms with Gasteiger partial charge in [-0.1, -0.05) is 32.6 Å². The molecular weight excluding hydrogens is 550 g/mol. The predicted octanol–water partition coefficient (Wildman–Crippen LogP) is 4.48. The van der Waals surface area contributed by atoms with Crippen molar-refractivity contribution in [2.45, 2.75) is 88.9 Å². The van der Waals surface area contributed by atoms with E-state index in [1.165, 1.54) is 12.1 Å². The molecular formula is C33H44N3O7+. The Kier molecular flexibility index (Phi) is 9.39. The Morgan fingerprint density at radius 3 is 2.21 bits per heavy atom. The fraction of sp³-hybridized carbons (Fsp3) is 0.545. The maximum absolute atomic E-state index is 13.8. The molecule has 2 aromatic rings. The molecule has 4 N–H and O–H groups in total. The first kappa shape index (κ1) is 31.0. The number of piperidine rings is 1. The van der Waals surface area contributed by atoms with E-state index in [0.717, 1.165) is 50.5 Å². The summed E-state index contributed by atoms with van der Waals surface area (Å²) in [6, 6.07) is 12.6. The summed E-state index contributed by atoms with van der Waals surface area (Å²) >= 11 is 0. The molecule has 2 atom stereocenters. The Morgan fingerprint density at radius 1 is 1.02 bits per heavy atom. The van der Waals surface area contributed by atoms with E-state index in [-0.39, 0.29) is 27.9 Å². The Labute approximate surface area is 252 Å². The number of nitrogens with zero attached hydrogens (tertiary/aromatic N) is 2. The van der Waals surface area contributed by atoms with Crippen LogP contribution in [0, 0.1) is 5.92 Å². The van der Waals surface area contributed by atoms with Crippen molar-refractivity contribution in [1.29, 1.82) is 0 Å². The number of piperazine rings is 1. The summed E-state index contributed by atoms with van der Waals surface area (Å²) in [5.74, 6) is -0.284. The Balaban J connectivity index is 1.23. The second-order valence-corrected chi connectivity index (χ2v) is 12.5. The van der Waals surface area contributed by atoms with E-state index < -0.39 is 23.7 Å². The minimum Gasteiger partial charge on any atom is -0.478 e. The van der Waals surface area contributed by atoms with E-state index in [2.05, 4.69) is 12.2 Å². The molecule has 0 aromatic heterocycles. The number of carboxylic acid groups (broad SMARTS) is 1. The van der Waals surface area contributed by atoms with Crippen LogP contribution in [0.2, 0.25) is 0 Å². The quantitative estimate of drug-likeness (QED) is 0.298. The summed E-state index contributed by atoms with van der Waals surface area (Å²) in [7, 11) is 0. The second-order valence-electron chi connectivity index (χ2n) is 12.5. The van der Waals surface area contributed by atoms with Crippen LogP contribution in [0.5, 0.6) is 11.5 Å². The van der Waals surface area contributed by atoms with Gasteiger partial charge in [-0.3, -0.25) is 9.59 Å². The minimum atomic E-state index is -1.02. The number of hydroxylamine groups is 3. The smallest absolute Gasteiger partial charge is 0.335 e. The van der Waals surface area contributed by atoms with Crippen LogP contribution < -0.4 is 10.1 Å². The molecule has 1 aliphatic carbocycles. The van der Waals surface area contributed by atoms with Crippen LogP contribution in [0.4, 0.5) is 0 Å². The third-order valence-electron chi connectivity index (χ3n) is 9.59. The van der Waals surface area contributed by atoms with Gasteiger partial charge in [0.1, 0.15) is 42.7 Å². The molecule has 2 aliphatic heterocycles. The summed E-state index contributed by atoms with van der Waals surface area (Å²) in [5, 5.41) is 34.7. The van der Waals surface area contributed by atoms with Crippen molar-refractivity contribution >= 4 is 17.8 Å². The molecule has 43 heavy (non-hydrogen) atoms. The number of aliphatic hydroxyl groups excluding tert-OH is 1. The Hall–Kier alpha value is -3.47. The summed E-state index contributed by atoms with van der Waals surface area (Å²) in [4.78, 5) is 40.4. The molecule has 232 valence electrons. The lowest BCUT2D eigenvalue weighted by atomic mass is 9.77. The number of likely N-dealkylation sites (tertiary alicyclic amines) is 1. The first-order valence-electron chi connectivity index (χ1n) is 15.6. The van der Waals surface area contributed by atoms with Gasteiger partial charge in [0, 0.05) is 24.9 Å². The SMILES string of the molecule is CCCCN1C(=O)[C@@H]([C@H](O)C2CCCCC2)NC(=O)C12CC[N+](O)(Cc1ccc(Oc3ccc(C(=O)O)cc3)cc1)CC2. The molecule has 0 unspecified atom stereocenters. The van der Waals surface area contributed by atoms with Crippen molar-refractivity contribution < 1.29 is 39.2 Å². The molecule has 3 fully saturated rings. The summed E-state index contributed by atoms with van der Waals surface area (Å²) in [6.07, 6.45) is 6.40. The number of carboxylic acids is 1. The molecule has 2 amide bonds. The van der Waals surface area contributed by atoms with Crippen molar-refractivity contribution in [2.24, 2.45) is 5.92 Å². The predicted molar refractivity (Wildman–Crippen MR) is 159 cm³/mol. The van der Waals surface area contributed by atoms with Crippen LogP contribution in [-0.4, -0.2) is 80.1 Å². The number of benzene rings is 2. The van der Waals surface area contributed by atoms with E-state index >= 15 is 0 Å². The Bertz CT molecular complexity index is 1280. The third-order valence-corrected chi connectivity index (χ3v) is 9.59. The number of aromatic carboxylic acids is 1. The first-order chi connectivity index (χ1) is 20.6. The van der Waals surface area contributed by atoms with Crippen LogP contribution >= 0.6 is 0 Å². The molecule has 1 spiro atoms. The van der Waals surface area contributed by atoms with Crippen molar-refractivity contribution in [3.63, 3.8) is 0 Å². The number of aliphatic hydroxyl groups is 1. The molecule has 3 aliphatic rings. The zero-order valence-electron chi connectivity index (χ0n) is 24.9. The van der Waals surface area contributed by atoms with Crippen molar-refractivity contribution in [3.8, 4) is 11.5 Å². The first-order valence-corrected chi connectivity index (χ1v) is 15.6. The van der Waals surface area contributed by atoms with Gasteiger partial charge in [-0.2, -0.15) is 4.65 Å².